The lowest BCUT2D eigenvalue weighted by atomic mass is 10.2. The lowest BCUT2D eigenvalue weighted by Crippen LogP contribution is -2.25. The van der Waals surface area contributed by atoms with Gasteiger partial charge < -0.3 is 14.8 Å². The number of alkyl halides is 3. The number of hydrogen-bond acceptors (Lipinski definition) is 5. The number of carbonyl (C=O) groups is 1. The Kier molecular flexibility index (Phi) is 5.78. The van der Waals surface area contributed by atoms with Crippen molar-refractivity contribution in [1.29, 1.82) is 0 Å². The molecule has 148 valence electrons. The molecule has 0 radical (unpaired) electrons. The van der Waals surface area contributed by atoms with Gasteiger partial charge in [0.15, 0.2) is 11.5 Å². The highest BCUT2D eigenvalue weighted by Crippen LogP contribution is 2.26. The van der Waals surface area contributed by atoms with Crippen molar-refractivity contribution in [3.8, 4) is 17.1 Å². The van der Waals surface area contributed by atoms with Crippen LogP contribution in [0.15, 0.2) is 42.6 Å². The number of amides is 1. The molecule has 0 atom stereocenters. The summed E-state index contributed by atoms with van der Waals surface area (Å²) in [4.78, 5) is 12.3. The van der Waals surface area contributed by atoms with Crippen LogP contribution in [-0.4, -0.2) is 47.1 Å². The first-order valence-electron chi connectivity index (χ1n) is 8.35. The molecule has 1 aromatic carbocycles. The fraction of sp³-hybridized carbons (Fsp3) is 0.278. The maximum Gasteiger partial charge on any atom is 0.573 e. The Labute approximate surface area is 158 Å². The van der Waals surface area contributed by atoms with Crippen LogP contribution in [0.5, 0.6) is 5.75 Å². The number of fused-ring (bicyclic) bond motifs is 1. The predicted octanol–water partition coefficient (Wildman–Crippen LogP) is 3.06. The molecule has 1 amide bonds. The number of methoxy groups -OCH3 is 1. The third kappa shape index (κ3) is 4.77. The fourth-order valence-corrected chi connectivity index (χ4v) is 2.55. The van der Waals surface area contributed by atoms with E-state index in [-0.39, 0.29) is 11.7 Å². The maximum absolute atomic E-state index is 12.3. The van der Waals surface area contributed by atoms with Crippen LogP contribution < -0.4 is 10.1 Å². The van der Waals surface area contributed by atoms with E-state index in [0.717, 1.165) is 0 Å². The second kappa shape index (κ2) is 8.26. The van der Waals surface area contributed by atoms with Gasteiger partial charge in [0.2, 0.25) is 0 Å². The molecule has 2 aromatic heterocycles. The van der Waals surface area contributed by atoms with E-state index in [1.165, 1.54) is 24.3 Å². The minimum Gasteiger partial charge on any atom is -0.406 e. The van der Waals surface area contributed by atoms with Gasteiger partial charge >= 0.3 is 6.36 Å². The number of halogens is 3. The van der Waals surface area contributed by atoms with Gasteiger partial charge in [-0.05, 0) is 42.8 Å². The standard InChI is InChI=1S/C18H17F3N4O3/c1-27-10-2-9-22-17(26)13-5-8-15-23-24-16(25(15)11-13)12-3-6-14(7-4-12)28-18(19,20)21/h3-8,11H,2,9-10H2,1H3,(H,22,26). The quantitative estimate of drug-likeness (QED) is 0.624. The van der Waals surface area contributed by atoms with E-state index in [4.69, 9.17) is 4.74 Å². The molecule has 7 nitrogen and oxygen atoms in total. The number of ether oxygens (including phenoxy) is 2. The van der Waals surface area contributed by atoms with Gasteiger partial charge in [0.05, 0.1) is 5.56 Å². The lowest BCUT2D eigenvalue weighted by molar-refractivity contribution is -0.274. The zero-order valence-electron chi connectivity index (χ0n) is 14.9. The smallest absolute Gasteiger partial charge is 0.406 e. The number of aromatic nitrogens is 3. The summed E-state index contributed by atoms with van der Waals surface area (Å²) in [7, 11) is 1.59. The molecule has 28 heavy (non-hydrogen) atoms. The van der Waals surface area contributed by atoms with Gasteiger partial charge in [0.25, 0.3) is 5.91 Å². The molecule has 3 aromatic rings. The molecule has 0 saturated heterocycles. The molecule has 0 spiro atoms. The summed E-state index contributed by atoms with van der Waals surface area (Å²) in [6, 6.07) is 8.53. The monoisotopic (exact) mass is 394 g/mol. The highest BCUT2D eigenvalue weighted by Gasteiger charge is 2.31. The number of nitrogens with one attached hydrogen (secondary N) is 1. The third-order valence-corrected chi connectivity index (χ3v) is 3.82. The topological polar surface area (TPSA) is 77.8 Å². The second-order valence-electron chi connectivity index (χ2n) is 5.84. The number of carbonyl (C=O) groups excluding carboxylic acids is 1. The van der Waals surface area contributed by atoms with Gasteiger partial charge in [-0.2, -0.15) is 0 Å². The SMILES string of the molecule is COCCCNC(=O)c1ccc2nnc(-c3ccc(OC(F)(F)F)cc3)n2c1. The van der Waals surface area contributed by atoms with Crippen molar-refractivity contribution in [3.63, 3.8) is 0 Å². The summed E-state index contributed by atoms with van der Waals surface area (Å²) >= 11 is 0. The van der Waals surface area contributed by atoms with Crippen molar-refractivity contribution < 1.29 is 27.4 Å². The van der Waals surface area contributed by atoms with Crippen LogP contribution in [0.3, 0.4) is 0 Å². The van der Waals surface area contributed by atoms with Gasteiger partial charge in [0, 0.05) is 32.0 Å². The summed E-state index contributed by atoms with van der Waals surface area (Å²) in [5, 5.41) is 10.9. The van der Waals surface area contributed by atoms with Crippen LogP contribution in [0.2, 0.25) is 0 Å². The van der Waals surface area contributed by atoms with Gasteiger partial charge in [-0.1, -0.05) is 0 Å². The van der Waals surface area contributed by atoms with E-state index in [0.29, 0.717) is 42.2 Å². The number of nitrogens with zero attached hydrogens (tertiary/aromatic N) is 3. The van der Waals surface area contributed by atoms with Crippen molar-refractivity contribution >= 4 is 11.6 Å². The zero-order valence-corrected chi connectivity index (χ0v) is 14.9. The Morgan fingerprint density at radius 1 is 1.14 bits per heavy atom. The minimum atomic E-state index is -4.76. The van der Waals surface area contributed by atoms with Gasteiger partial charge in [0.1, 0.15) is 5.75 Å². The molecule has 0 saturated carbocycles. The molecule has 0 bridgehead atoms. The highest BCUT2D eigenvalue weighted by molar-refractivity contribution is 5.94. The van der Waals surface area contributed by atoms with E-state index in [9.17, 15) is 18.0 Å². The molecular formula is C18H17F3N4O3. The van der Waals surface area contributed by atoms with Gasteiger partial charge in [-0.25, -0.2) is 0 Å². The predicted molar refractivity (Wildman–Crippen MR) is 93.9 cm³/mol. The van der Waals surface area contributed by atoms with E-state index >= 15 is 0 Å². The van der Waals surface area contributed by atoms with Crippen LogP contribution in [-0.2, 0) is 4.74 Å². The molecule has 0 fully saturated rings. The molecule has 0 aliphatic heterocycles. The molecule has 3 rings (SSSR count). The average molecular weight is 394 g/mol. The van der Waals surface area contributed by atoms with Gasteiger partial charge in [-0.3, -0.25) is 9.20 Å². The van der Waals surface area contributed by atoms with Crippen molar-refractivity contribution in [2.24, 2.45) is 0 Å². The van der Waals surface area contributed by atoms with Crippen LogP contribution in [0.1, 0.15) is 16.8 Å². The molecule has 10 heteroatoms. The normalized spacial score (nSPS) is 11.6. The molecular weight excluding hydrogens is 377 g/mol. The van der Waals surface area contributed by atoms with Crippen molar-refractivity contribution in [3.05, 3.63) is 48.2 Å². The Balaban J connectivity index is 1.81. The Morgan fingerprint density at radius 2 is 1.89 bits per heavy atom. The van der Waals surface area contributed by atoms with Crippen molar-refractivity contribution in [2.75, 3.05) is 20.3 Å². The Bertz CT molecular complexity index is 955. The fourth-order valence-electron chi connectivity index (χ4n) is 2.55. The average Bonchev–Trinajstić information content (AvgIpc) is 3.07. The van der Waals surface area contributed by atoms with E-state index < -0.39 is 6.36 Å². The number of benzene rings is 1. The lowest BCUT2D eigenvalue weighted by Gasteiger charge is -2.09. The van der Waals surface area contributed by atoms with E-state index in [2.05, 4.69) is 20.3 Å². The van der Waals surface area contributed by atoms with Crippen LogP contribution in [0.4, 0.5) is 13.2 Å². The number of rotatable bonds is 7. The summed E-state index contributed by atoms with van der Waals surface area (Å²) < 4.78 is 47.2. The number of hydrogen-bond donors (Lipinski definition) is 1. The molecule has 2 heterocycles. The van der Waals surface area contributed by atoms with Crippen LogP contribution in [0, 0.1) is 0 Å². The summed E-state index contributed by atoms with van der Waals surface area (Å²) in [5.41, 5.74) is 1.43. The first kappa shape index (κ1) is 19.6. The first-order chi connectivity index (χ1) is 13.4. The van der Waals surface area contributed by atoms with E-state index in [1.54, 1.807) is 29.8 Å². The third-order valence-electron chi connectivity index (χ3n) is 3.82. The van der Waals surface area contributed by atoms with Crippen LogP contribution >= 0.6 is 0 Å². The molecule has 1 N–H and O–H groups in total. The van der Waals surface area contributed by atoms with Crippen LogP contribution in [0.25, 0.3) is 17.0 Å². The summed E-state index contributed by atoms with van der Waals surface area (Å²) in [6.07, 6.45) is -2.49. The van der Waals surface area contributed by atoms with Gasteiger partial charge in [-0.15, -0.1) is 23.4 Å². The second-order valence-corrected chi connectivity index (χ2v) is 5.84. The zero-order chi connectivity index (χ0) is 20.1. The minimum absolute atomic E-state index is 0.258. The highest BCUT2D eigenvalue weighted by atomic mass is 19.4. The molecule has 0 unspecified atom stereocenters. The summed E-state index contributed by atoms with van der Waals surface area (Å²) in [6.45, 7) is 1.02. The van der Waals surface area contributed by atoms with E-state index in [1.807, 2.05) is 0 Å². The summed E-state index contributed by atoms with van der Waals surface area (Å²) in [5.74, 6) is -0.199. The first-order valence-corrected chi connectivity index (χ1v) is 8.35. The largest absolute Gasteiger partial charge is 0.573 e. The molecule has 0 aliphatic rings. The maximum atomic E-state index is 12.3. The number of pyridine rings is 1. The Morgan fingerprint density at radius 3 is 2.57 bits per heavy atom. The van der Waals surface area contributed by atoms with Crippen molar-refractivity contribution in [1.82, 2.24) is 19.9 Å². The molecule has 0 aliphatic carbocycles. The van der Waals surface area contributed by atoms with Crippen molar-refractivity contribution in [2.45, 2.75) is 12.8 Å². The Hall–Kier alpha value is -3.14.